The Kier molecular flexibility index (Phi) is 5.27. The number of halogens is 1. The van der Waals surface area contributed by atoms with Gasteiger partial charge < -0.3 is 10.6 Å². The van der Waals surface area contributed by atoms with Crippen LogP contribution in [0.1, 0.15) is 35.7 Å². The third-order valence-corrected chi connectivity index (χ3v) is 4.01. The molecule has 2 aromatic carbocycles. The highest BCUT2D eigenvalue weighted by molar-refractivity contribution is 6.07. The Morgan fingerprint density at radius 1 is 1.00 bits per heavy atom. The summed E-state index contributed by atoms with van der Waals surface area (Å²) in [4.78, 5) is 16.8. The molecule has 4 nitrogen and oxygen atoms in total. The lowest BCUT2D eigenvalue weighted by Crippen LogP contribution is -2.15. The second-order valence-electron chi connectivity index (χ2n) is 6.24. The van der Waals surface area contributed by atoms with Crippen molar-refractivity contribution in [3.8, 4) is 0 Å². The minimum atomic E-state index is -0.409. The van der Waals surface area contributed by atoms with Gasteiger partial charge in [-0.15, -0.1) is 0 Å². The number of rotatable bonds is 5. The zero-order chi connectivity index (χ0) is 18.5. The third-order valence-electron chi connectivity index (χ3n) is 4.01. The van der Waals surface area contributed by atoms with Gasteiger partial charge in [-0.2, -0.15) is 0 Å². The molecule has 0 saturated carbocycles. The number of hydrogen-bond acceptors (Lipinski definition) is 3. The van der Waals surface area contributed by atoms with Crippen LogP contribution in [-0.4, -0.2) is 10.9 Å². The van der Waals surface area contributed by atoms with Crippen LogP contribution in [0.25, 0.3) is 0 Å². The molecule has 1 amide bonds. The van der Waals surface area contributed by atoms with Gasteiger partial charge in [-0.05, 0) is 47.9 Å². The van der Waals surface area contributed by atoms with Crippen LogP contribution in [0.2, 0.25) is 0 Å². The van der Waals surface area contributed by atoms with Gasteiger partial charge in [0.1, 0.15) is 11.6 Å². The quantitative estimate of drug-likeness (QED) is 0.654. The number of nitrogens with one attached hydrogen (secondary N) is 2. The lowest BCUT2D eigenvalue weighted by atomic mass is 10.0. The second kappa shape index (κ2) is 7.78. The van der Waals surface area contributed by atoms with Crippen molar-refractivity contribution in [1.82, 2.24) is 4.98 Å². The van der Waals surface area contributed by atoms with Crippen molar-refractivity contribution in [2.45, 2.75) is 19.8 Å². The van der Waals surface area contributed by atoms with Crippen molar-refractivity contribution in [3.63, 3.8) is 0 Å². The van der Waals surface area contributed by atoms with Gasteiger partial charge >= 0.3 is 0 Å². The van der Waals surface area contributed by atoms with Crippen LogP contribution in [0.5, 0.6) is 0 Å². The van der Waals surface area contributed by atoms with E-state index in [-0.39, 0.29) is 11.6 Å². The number of hydrogen-bond donors (Lipinski definition) is 2. The lowest BCUT2D eigenvalue weighted by Gasteiger charge is -2.12. The van der Waals surface area contributed by atoms with Crippen molar-refractivity contribution in [2.75, 3.05) is 10.6 Å². The number of anilines is 3. The van der Waals surface area contributed by atoms with Crippen LogP contribution in [-0.2, 0) is 0 Å². The molecule has 1 heterocycles. The minimum Gasteiger partial charge on any atom is -0.337 e. The molecule has 0 aliphatic heterocycles. The lowest BCUT2D eigenvalue weighted by molar-refractivity contribution is 0.102. The van der Waals surface area contributed by atoms with E-state index in [4.69, 9.17) is 0 Å². The van der Waals surface area contributed by atoms with Gasteiger partial charge in [0.15, 0.2) is 0 Å². The van der Waals surface area contributed by atoms with E-state index in [0.29, 0.717) is 23.0 Å². The molecule has 5 heteroatoms. The Morgan fingerprint density at radius 3 is 2.42 bits per heavy atom. The van der Waals surface area contributed by atoms with Crippen LogP contribution in [0.4, 0.5) is 21.6 Å². The number of benzene rings is 2. The van der Waals surface area contributed by atoms with Gasteiger partial charge in [0, 0.05) is 11.9 Å². The van der Waals surface area contributed by atoms with Gasteiger partial charge in [-0.1, -0.05) is 38.1 Å². The van der Waals surface area contributed by atoms with Gasteiger partial charge in [0.2, 0.25) is 0 Å². The number of amides is 1. The average molecular weight is 349 g/mol. The average Bonchev–Trinajstić information content (AvgIpc) is 2.64. The Morgan fingerprint density at radius 2 is 1.73 bits per heavy atom. The van der Waals surface area contributed by atoms with E-state index in [1.807, 2.05) is 24.3 Å². The van der Waals surface area contributed by atoms with Crippen LogP contribution < -0.4 is 10.6 Å². The van der Waals surface area contributed by atoms with Gasteiger partial charge in [0.05, 0.1) is 11.3 Å². The molecular formula is C21H20FN3O. The number of aromatic nitrogens is 1. The number of para-hydroxylation sites is 1. The van der Waals surface area contributed by atoms with Crippen molar-refractivity contribution >= 4 is 23.1 Å². The predicted octanol–water partition coefficient (Wildman–Crippen LogP) is 5.34. The first-order valence-corrected chi connectivity index (χ1v) is 8.42. The molecule has 0 aliphatic carbocycles. The highest BCUT2D eigenvalue weighted by atomic mass is 19.1. The molecule has 2 N–H and O–H groups in total. The fourth-order valence-corrected chi connectivity index (χ4v) is 2.53. The summed E-state index contributed by atoms with van der Waals surface area (Å²) in [6.07, 6.45) is 1.55. The molecular weight excluding hydrogens is 329 g/mol. The Hall–Kier alpha value is -3.21. The molecule has 26 heavy (non-hydrogen) atoms. The zero-order valence-electron chi connectivity index (χ0n) is 14.7. The molecule has 0 atom stereocenters. The molecule has 0 bridgehead atoms. The van der Waals surface area contributed by atoms with Gasteiger partial charge in [0.25, 0.3) is 5.91 Å². The van der Waals surface area contributed by atoms with Crippen LogP contribution in [0.15, 0.2) is 66.9 Å². The molecule has 3 rings (SSSR count). The first-order chi connectivity index (χ1) is 12.5. The van der Waals surface area contributed by atoms with Crippen molar-refractivity contribution in [3.05, 3.63) is 83.8 Å². The van der Waals surface area contributed by atoms with Crippen molar-refractivity contribution in [1.29, 1.82) is 0 Å². The molecule has 0 saturated heterocycles. The third kappa shape index (κ3) is 4.06. The first kappa shape index (κ1) is 17.6. The molecule has 0 aliphatic rings. The summed E-state index contributed by atoms with van der Waals surface area (Å²) >= 11 is 0. The zero-order valence-corrected chi connectivity index (χ0v) is 14.7. The molecule has 0 unspecified atom stereocenters. The Bertz CT molecular complexity index is 907. The van der Waals surface area contributed by atoms with E-state index in [1.165, 1.54) is 11.6 Å². The van der Waals surface area contributed by atoms with E-state index >= 15 is 0 Å². The van der Waals surface area contributed by atoms with Gasteiger partial charge in [-0.3, -0.25) is 4.79 Å². The van der Waals surface area contributed by atoms with E-state index in [1.54, 1.807) is 36.5 Å². The number of pyridine rings is 1. The predicted molar refractivity (Wildman–Crippen MR) is 102 cm³/mol. The highest BCUT2D eigenvalue weighted by Gasteiger charge is 2.14. The maximum atomic E-state index is 13.9. The molecule has 1 aromatic heterocycles. The first-order valence-electron chi connectivity index (χ1n) is 8.42. The summed E-state index contributed by atoms with van der Waals surface area (Å²) in [5.41, 5.74) is 2.50. The Labute approximate surface area is 152 Å². The number of nitrogens with zero attached hydrogens (tertiary/aromatic N) is 1. The number of carbonyl (C=O) groups is 1. The normalized spacial score (nSPS) is 10.6. The van der Waals surface area contributed by atoms with Gasteiger partial charge in [-0.25, -0.2) is 9.37 Å². The van der Waals surface area contributed by atoms with Crippen LogP contribution in [0, 0.1) is 5.82 Å². The molecule has 0 spiro atoms. The molecule has 3 aromatic rings. The number of carbonyl (C=O) groups excluding carboxylic acids is 1. The summed E-state index contributed by atoms with van der Waals surface area (Å²) in [5, 5.41) is 5.74. The fraction of sp³-hybridized carbons (Fsp3) is 0.143. The topological polar surface area (TPSA) is 54.0 Å². The highest BCUT2D eigenvalue weighted by Crippen LogP contribution is 2.22. The summed E-state index contributed by atoms with van der Waals surface area (Å²) in [6.45, 7) is 4.23. The van der Waals surface area contributed by atoms with Crippen LogP contribution in [0.3, 0.4) is 0 Å². The van der Waals surface area contributed by atoms with E-state index < -0.39 is 5.82 Å². The van der Waals surface area contributed by atoms with E-state index in [2.05, 4.69) is 29.5 Å². The maximum Gasteiger partial charge on any atom is 0.259 e. The maximum absolute atomic E-state index is 13.9. The standard InChI is InChI=1S/C21H20FN3O/c1-14(2)15-9-11-16(12-10-15)24-21(26)17-6-5-13-23-20(17)25-19-8-4-3-7-18(19)22/h3-14H,1-2H3,(H,23,25)(H,24,26). The van der Waals surface area contributed by atoms with E-state index in [0.717, 1.165) is 0 Å². The van der Waals surface area contributed by atoms with Crippen molar-refractivity contribution < 1.29 is 9.18 Å². The molecule has 0 radical (unpaired) electrons. The second-order valence-corrected chi connectivity index (χ2v) is 6.24. The van der Waals surface area contributed by atoms with Crippen LogP contribution >= 0.6 is 0 Å². The summed E-state index contributed by atoms with van der Waals surface area (Å²) in [5.74, 6) is 0.00608. The Balaban J connectivity index is 1.80. The van der Waals surface area contributed by atoms with E-state index in [9.17, 15) is 9.18 Å². The monoisotopic (exact) mass is 349 g/mol. The molecule has 132 valence electrons. The smallest absolute Gasteiger partial charge is 0.259 e. The fourth-order valence-electron chi connectivity index (χ4n) is 2.53. The summed E-state index contributed by atoms with van der Waals surface area (Å²) < 4.78 is 13.9. The minimum absolute atomic E-state index is 0.265. The SMILES string of the molecule is CC(C)c1ccc(NC(=O)c2cccnc2Nc2ccccc2F)cc1. The van der Waals surface area contributed by atoms with Crippen molar-refractivity contribution in [2.24, 2.45) is 0 Å². The summed E-state index contributed by atoms with van der Waals surface area (Å²) in [6, 6.07) is 17.3. The summed E-state index contributed by atoms with van der Waals surface area (Å²) in [7, 11) is 0. The molecule has 0 fully saturated rings. The largest absolute Gasteiger partial charge is 0.337 e.